The highest BCUT2D eigenvalue weighted by molar-refractivity contribution is 7.15. The lowest BCUT2D eigenvalue weighted by molar-refractivity contribution is 0.0695. The number of rotatable bonds is 6. The van der Waals surface area contributed by atoms with Crippen molar-refractivity contribution in [2.24, 2.45) is 11.7 Å². The van der Waals surface area contributed by atoms with Gasteiger partial charge in [-0.3, -0.25) is 9.59 Å². The number of benzene rings is 2. The quantitative estimate of drug-likeness (QED) is 0.399. The first-order valence-corrected chi connectivity index (χ1v) is 13.0. The van der Waals surface area contributed by atoms with Gasteiger partial charge in [-0.05, 0) is 61.9 Å². The number of aryl methyl sites for hydroxylation is 1. The average molecular weight is 517 g/mol. The van der Waals surface area contributed by atoms with Gasteiger partial charge in [0.15, 0.2) is 0 Å². The van der Waals surface area contributed by atoms with Crippen LogP contribution >= 0.6 is 11.3 Å². The van der Waals surface area contributed by atoms with E-state index in [2.05, 4.69) is 9.97 Å². The molecule has 188 valence electrons. The van der Waals surface area contributed by atoms with Crippen molar-refractivity contribution < 1.29 is 18.7 Å². The summed E-state index contributed by atoms with van der Waals surface area (Å²) >= 11 is 1.38. The zero-order valence-electron chi connectivity index (χ0n) is 20.4. The largest absolute Gasteiger partial charge is 0.496 e. The van der Waals surface area contributed by atoms with Crippen molar-refractivity contribution in [3.8, 4) is 16.2 Å². The molecule has 7 nitrogen and oxygen atoms in total. The van der Waals surface area contributed by atoms with Gasteiger partial charge in [-0.25, -0.2) is 14.4 Å². The van der Waals surface area contributed by atoms with Crippen molar-refractivity contribution in [3.63, 3.8) is 0 Å². The fourth-order valence-electron chi connectivity index (χ4n) is 5.66. The molecule has 0 radical (unpaired) electrons. The van der Waals surface area contributed by atoms with Crippen LogP contribution in [0.15, 0.2) is 48.5 Å². The van der Waals surface area contributed by atoms with Crippen molar-refractivity contribution in [3.05, 3.63) is 76.3 Å². The first-order valence-electron chi connectivity index (χ1n) is 12.2. The number of methoxy groups -OCH3 is 1. The van der Waals surface area contributed by atoms with Gasteiger partial charge in [0.05, 0.1) is 22.5 Å². The zero-order valence-corrected chi connectivity index (χ0v) is 21.2. The smallest absolute Gasteiger partial charge is 0.274 e. The Labute approximate surface area is 217 Å². The first-order chi connectivity index (χ1) is 17.9. The average Bonchev–Trinajstić information content (AvgIpc) is 3.37. The minimum atomic E-state index is -0.636. The second-order valence-electron chi connectivity index (χ2n) is 9.64. The minimum absolute atomic E-state index is 0.122. The molecular formula is C28H25FN4O3S. The lowest BCUT2D eigenvalue weighted by Gasteiger charge is -2.28. The molecule has 6 rings (SSSR count). The van der Waals surface area contributed by atoms with E-state index in [1.54, 1.807) is 19.2 Å². The van der Waals surface area contributed by atoms with Crippen LogP contribution in [0.1, 0.15) is 44.4 Å². The summed E-state index contributed by atoms with van der Waals surface area (Å²) in [5.41, 5.74) is 8.11. The highest BCUT2D eigenvalue weighted by atomic mass is 32.1. The highest BCUT2D eigenvalue weighted by Crippen LogP contribution is 2.50. The van der Waals surface area contributed by atoms with E-state index in [1.165, 1.54) is 23.5 Å². The molecule has 37 heavy (non-hydrogen) atoms. The van der Waals surface area contributed by atoms with Crippen LogP contribution in [0.2, 0.25) is 0 Å². The fraction of sp³-hybridized carbons (Fsp3) is 0.286. The Hall–Kier alpha value is -3.85. The Kier molecular flexibility index (Phi) is 5.67. The van der Waals surface area contributed by atoms with Crippen LogP contribution in [0.25, 0.3) is 21.3 Å². The normalized spacial score (nSPS) is 20.2. The minimum Gasteiger partial charge on any atom is -0.496 e. The molecule has 0 bridgehead atoms. The second-order valence-corrected chi connectivity index (χ2v) is 10.8. The van der Waals surface area contributed by atoms with Crippen LogP contribution in [0, 0.1) is 18.7 Å². The number of nitrogens with zero attached hydrogens (tertiary/aromatic N) is 3. The Morgan fingerprint density at radius 2 is 1.95 bits per heavy atom. The topological polar surface area (TPSA) is 98.4 Å². The molecule has 1 saturated carbocycles. The first kappa shape index (κ1) is 23.5. The van der Waals surface area contributed by atoms with Gasteiger partial charge in [-0.1, -0.05) is 24.3 Å². The number of amides is 2. The van der Waals surface area contributed by atoms with Crippen LogP contribution < -0.4 is 10.5 Å². The number of halogens is 1. The number of primary amides is 1. The highest BCUT2D eigenvalue weighted by Gasteiger charge is 2.54. The Morgan fingerprint density at radius 1 is 1.14 bits per heavy atom. The predicted octanol–water partition coefficient (Wildman–Crippen LogP) is 4.76. The van der Waals surface area contributed by atoms with E-state index in [1.807, 2.05) is 36.1 Å². The maximum atomic E-state index is 14.0. The standard InChI is InChI=1S/C28H25FN4O3S/c1-14-31-24(26(37-14)15-6-5-7-17(29)10-15)28(35)33-18(11-16-12-22(16)33)13-20-23(27(30)34)32-21-9-4-3-8-19(21)25(20)36-2/h3-10,16,18,22H,11-13H2,1-2H3,(H2,30,34)/t16-,18+,22+/m1/s1. The molecule has 2 aliphatic rings. The van der Waals surface area contributed by atoms with E-state index < -0.39 is 5.91 Å². The predicted molar refractivity (Wildman–Crippen MR) is 139 cm³/mol. The molecule has 3 atom stereocenters. The van der Waals surface area contributed by atoms with Crippen LogP contribution in [0.5, 0.6) is 5.75 Å². The number of para-hydroxylation sites is 1. The summed E-state index contributed by atoms with van der Waals surface area (Å²) in [7, 11) is 1.56. The van der Waals surface area contributed by atoms with Gasteiger partial charge in [0.2, 0.25) is 0 Å². The summed E-state index contributed by atoms with van der Waals surface area (Å²) in [6.45, 7) is 1.84. The van der Waals surface area contributed by atoms with Crippen LogP contribution in [-0.2, 0) is 6.42 Å². The van der Waals surface area contributed by atoms with Crippen LogP contribution in [-0.4, -0.2) is 45.9 Å². The van der Waals surface area contributed by atoms with E-state index >= 15 is 0 Å². The number of ether oxygens (including phenoxy) is 1. The van der Waals surface area contributed by atoms with Crippen molar-refractivity contribution in [2.75, 3.05) is 7.11 Å². The summed E-state index contributed by atoms with van der Waals surface area (Å²) in [5, 5.41) is 1.52. The fourth-order valence-corrected chi connectivity index (χ4v) is 6.57. The third kappa shape index (κ3) is 4.03. The number of fused-ring (bicyclic) bond motifs is 2. The number of pyridine rings is 1. The molecule has 3 heterocycles. The van der Waals surface area contributed by atoms with Gasteiger partial charge in [0, 0.05) is 23.0 Å². The Bertz CT molecular complexity index is 1570. The molecule has 1 saturated heterocycles. The molecule has 2 fully saturated rings. The number of piperidine rings is 1. The zero-order chi connectivity index (χ0) is 25.8. The van der Waals surface area contributed by atoms with Gasteiger partial charge in [-0.15, -0.1) is 11.3 Å². The van der Waals surface area contributed by atoms with Gasteiger partial charge in [-0.2, -0.15) is 0 Å². The summed E-state index contributed by atoms with van der Waals surface area (Å²) in [6, 6.07) is 13.6. The molecule has 1 aliphatic heterocycles. The number of hydrogen-bond acceptors (Lipinski definition) is 6. The van der Waals surface area contributed by atoms with Crippen molar-refractivity contribution in [1.82, 2.24) is 14.9 Å². The maximum Gasteiger partial charge on any atom is 0.274 e. The molecule has 1 aliphatic carbocycles. The molecule has 2 aromatic heterocycles. The molecular weight excluding hydrogens is 491 g/mol. The third-order valence-electron chi connectivity index (χ3n) is 7.29. The maximum absolute atomic E-state index is 14.0. The number of carbonyl (C=O) groups excluding carboxylic acids is 2. The number of aromatic nitrogens is 2. The van der Waals surface area contributed by atoms with Gasteiger partial charge in [0.25, 0.3) is 11.8 Å². The molecule has 0 unspecified atom stereocenters. The van der Waals surface area contributed by atoms with Crippen LogP contribution in [0.3, 0.4) is 0 Å². The second kappa shape index (κ2) is 8.92. The summed E-state index contributed by atoms with van der Waals surface area (Å²) in [4.78, 5) is 38.1. The third-order valence-corrected chi connectivity index (χ3v) is 8.31. The number of carbonyl (C=O) groups is 2. The molecule has 0 spiro atoms. The monoisotopic (exact) mass is 516 g/mol. The van der Waals surface area contributed by atoms with Crippen LogP contribution in [0.4, 0.5) is 4.39 Å². The van der Waals surface area contributed by atoms with Gasteiger partial charge < -0.3 is 15.4 Å². The molecule has 2 amide bonds. The summed E-state index contributed by atoms with van der Waals surface area (Å²) < 4.78 is 19.8. The van der Waals surface area contributed by atoms with E-state index in [4.69, 9.17) is 10.5 Å². The molecule has 4 aromatic rings. The molecule has 9 heteroatoms. The van der Waals surface area contributed by atoms with Crippen molar-refractivity contribution in [1.29, 1.82) is 0 Å². The van der Waals surface area contributed by atoms with E-state index in [0.717, 1.165) is 23.2 Å². The molecule has 2 aromatic carbocycles. The number of nitrogens with two attached hydrogens (primary N) is 1. The van der Waals surface area contributed by atoms with Crippen molar-refractivity contribution >= 4 is 34.1 Å². The van der Waals surface area contributed by atoms with E-state index in [0.29, 0.717) is 45.3 Å². The lowest BCUT2D eigenvalue weighted by Crippen LogP contribution is -2.40. The number of likely N-dealkylation sites (tertiary alicyclic amines) is 1. The number of hydrogen-bond donors (Lipinski definition) is 1. The molecule has 2 N–H and O–H groups in total. The van der Waals surface area contributed by atoms with Crippen molar-refractivity contribution in [2.45, 2.75) is 38.3 Å². The van der Waals surface area contributed by atoms with E-state index in [9.17, 15) is 14.0 Å². The summed E-state index contributed by atoms with van der Waals surface area (Å²) in [6.07, 6.45) is 2.13. The summed E-state index contributed by atoms with van der Waals surface area (Å²) in [5.74, 6) is -0.214. The Balaban J connectivity index is 1.40. The SMILES string of the molecule is COc1c(C[C@@H]2C[C@@H]3C[C@@H]3N2C(=O)c2nc(C)sc2-c2cccc(F)c2)c(C(N)=O)nc2ccccc12. The van der Waals surface area contributed by atoms with Gasteiger partial charge >= 0.3 is 0 Å². The van der Waals surface area contributed by atoms with E-state index in [-0.39, 0.29) is 29.5 Å². The Morgan fingerprint density at radius 3 is 2.70 bits per heavy atom. The lowest BCUT2D eigenvalue weighted by atomic mass is 9.97. The van der Waals surface area contributed by atoms with Gasteiger partial charge in [0.1, 0.15) is 23.0 Å². The number of thiazole rings is 1.